The molecule has 0 saturated carbocycles. The van der Waals surface area contributed by atoms with Crippen LogP contribution in [0, 0.1) is 0 Å². The molecule has 0 unspecified atom stereocenters. The molecule has 0 saturated heterocycles. The normalized spacial score (nSPS) is 14.3. The fourth-order valence-electron chi connectivity index (χ4n) is 3.30. The van der Waals surface area contributed by atoms with E-state index in [0.717, 1.165) is 27.8 Å². The minimum atomic E-state index is 0.106. The van der Waals surface area contributed by atoms with E-state index < -0.39 is 0 Å². The Labute approximate surface area is 158 Å². The van der Waals surface area contributed by atoms with Crippen molar-refractivity contribution in [3.8, 4) is 11.5 Å². The molecule has 0 aromatic heterocycles. The van der Waals surface area contributed by atoms with Crippen molar-refractivity contribution in [2.24, 2.45) is 0 Å². The number of hydrogen-bond donors (Lipinski definition) is 0. The van der Waals surface area contributed by atoms with Gasteiger partial charge in [-0.25, -0.2) is 0 Å². The highest BCUT2D eigenvalue weighted by molar-refractivity contribution is 6.15. The lowest BCUT2D eigenvalue weighted by atomic mass is 10.1. The number of allylic oxidation sites excluding steroid dienone is 1. The molecule has 0 radical (unpaired) electrons. The lowest BCUT2D eigenvalue weighted by molar-refractivity contribution is 0.104. The van der Waals surface area contributed by atoms with Gasteiger partial charge in [0.05, 0.1) is 7.11 Å². The predicted molar refractivity (Wildman–Crippen MR) is 106 cm³/mol. The summed E-state index contributed by atoms with van der Waals surface area (Å²) in [5, 5.41) is 0. The van der Waals surface area contributed by atoms with Gasteiger partial charge in [-0.1, -0.05) is 60.7 Å². The van der Waals surface area contributed by atoms with Gasteiger partial charge >= 0.3 is 0 Å². The van der Waals surface area contributed by atoms with Gasteiger partial charge in [-0.2, -0.15) is 0 Å². The van der Waals surface area contributed by atoms with Crippen LogP contribution in [0.4, 0.5) is 0 Å². The van der Waals surface area contributed by atoms with E-state index in [9.17, 15) is 4.79 Å². The third-order valence-corrected chi connectivity index (χ3v) is 4.70. The van der Waals surface area contributed by atoms with Crippen LogP contribution in [0.2, 0.25) is 0 Å². The molecule has 3 aromatic carbocycles. The molecule has 0 amide bonds. The van der Waals surface area contributed by atoms with Crippen molar-refractivity contribution >= 4 is 11.9 Å². The highest BCUT2D eigenvalue weighted by atomic mass is 16.5. The molecule has 0 spiro atoms. The van der Waals surface area contributed by atoms with Gasteiger partial charge in [0.25, 0.3) is 0 Å². The molecule has 0 aliphatic heterocycles. The van der Waals surface area contributed by atoms with E-state index in [1.165, 1.54) is 0 Å². The molecule has 4 rings (SSSR count). The summed E-state index contributed by atoms with van der Waals surface area (Å²) < 4.78 is 11.4. The Morgan fingerprint density at radius 1 is 0.926 bits per heavy atom. The van der Waals surface area contributed by atoms with Gasteiger partial charge in [0, 0.05) is 17.6 Å². The molecule has 1 aliphatic carbocycles. The van der Waals surface area contributed by atoms with E-state index >= 15 is 0 Å². The zero-order valence-corrected chi connectivity index (χ0v) is 15.1. The van der Waals surface area contributed by atoms with Crippen molar-refractivity contribution in [1.29, 1.82) is 0 Å². The average molecular weight is 356 g/mol. The maximum absolute atomic E-state index is 12.6. The highest BCUT2D eigenvalue weighted by Crippen LogP contribution is 2.32. The number of ketones is 1. The standard InChI is InChI=1S/C24H20O3/c1-26-23-14-18(11-12-22(23)27-16-17-7-3-2-4-8-17)13-20-15-19-9-5-6-10-21(19)24(20)25/h2-14H,15-16H2,1H3/b20-13-. The number of carbonyl (C=O) groups excluding carboxylic acids is 1. The Morgan fingerprint density at radius 2 is 1.70 bits per heavy atom. The van der Waals surface area contributed by atoms with Crippen LogP contribution < -0.4 is 9.47 Å². The van der Waals surface area contributed by atoms with Gasteiger partial charge < -0.3 is 9.47 Å². The number of carbonyl (C=O) groups is 1. The minimum Gasteiger partial charge on any atom is -0.493 e. The first-order chi connectivity index (χ1) is 13.2. The van der Waals surface area contributed by atoms with Crippen LogP contribution in [-0.4, -0.2) is 12.9 Å². The second-order valence-corrected chi connectivity index (χ2v) is 6.52. The molecule has 0 fully saturated rings. The summed E-state index contributed by atoms with van der Waals surface area (Å²) in [6.45, 7) is 0.478. The van der Waals surface area contributed by atoms with Gasteiger partial charge in [0.1, 0.15) is 6.61 Å². The number of benzene rings is 3. The molecule has 0 heterocycles. The summed E-state index contributed by atoms with van der Waals surface area (Å²) in [6, 6.07) is 23.5. The second kappa shape index (κ2) is 7.50. The number of fused-ring (bicyclic) bond motifs is 1. The largest absolute Gasteiger partial charge is 0.493 e. The van der Waals surface area contributed by atoms with E-state index in [1.807, 2.05) is 78.9 Å². The van der Waals surface area contributed by atoms with Crippen LogP contribution in [0.1, 0.15) is 27.0 Å². The quantitative estimate of drug-likeness (QED) is 0.597. The van der Waals surface area contributed by atoms with Gasteiger partial charge in [-0.05, 0) is 34.9 Å². The Balaban J connectivity index is 1.54. The van der Waals surface area contributed by atoms with Crippen LogP contribution in [0.25, 0.3) is 6.08 Å². The number of rotatable bonds is 5. The lowest BCUT2D eigenvalue weighted by Gasteiger charge is -2.11. The van der Waals surface area contributed by atoms with E-state index in [4.69, 9.17) is 9.47 Å². The third-order valence-electron chi connectivity index (χ3n) is 4.70. The number of hydrogen-bond acceptors (Lipinski definition) is 3. The second-order valence-electron chi connectivity index (χ2n) is 6.52. The van der Waals surface area contributed by atoms with Crippen molar-refractivity contribution in [3.05, 3.63) is 101 Å². The van der Waals surface area contributed by atoms with Crippen LogP contribution in [0.15, 0.2) is 78.4 Å². The monoisotopic (exact) mass is 356 g/mol. The first-order valence-electron chi connectivity index (χ1n) is 8.92. The molecule has 3 nitrogen and oxygen atoms in total. The van der Waals surface area contributed by atoms with Crippen LogP contribution in [0.5, 0.6) is 11.5 Å². The van der Waals surface area contributed by atoms with Gasteiger partial charge in [-0.15, -0.1) is 0 Å². The maximum atomic E-state index is 12.6. The molecule has 134 valence electrons. The molecular weight excluding hydrogens is 336 g/mol. The van der Waals surface area contributed by atoms with Crippen LogP contribution in [-0.2, 0) is 13.0 Å². The Kier molecular flexibility index (Phi) is 4.75. The molecule has 0 atom stereocenters. The zero-order valence-electron chi connectivity index (χ0n) is 15.1. The summed E-state index contributed by atoms with van der Waals surface area (Å²) in [5.41, 5.74) is 4.72. The predicted octanol–water partition coefficient (Wildman–Crippen LogP) is 5.10. The van der Waals surface area contributed by atoms with Crippen molar-refractivity contribution < 1.29 is 14.3 Å². The first-order valence-corrected chi connectivity index (χ1v) is 8.92. The summed E-state index contributed by atoms with van der Waals surface area (Å²) in [7, 11) is 1.62. The molecule has 27 heavy (non-hydrogen) atoms. The van der Waals surface area contributed by atoms with Crippen LogP contribution in [0.3, 0.4) is 0 Å². The fourth-order valence-corrected chi connectivity index (χ4v) is 3.30. The summed E-state index contributed by atoms with van der Waals surface area (Å²) in [5.74, 6) is 1.45. The Hall–Kier alpha value is -3.33. The van der Waals surface area contributed by atoms with Crippen molar-refractivity contribution in [3.63, 3.8) is 0 Å². The van der Waals surface area contributed by atoms with Gasteiger partial charge in [0.2, 0.25) is 0 Å². The van der Waals surface area contributed by atoms with Crippen molar-refractivity contribution in [1.82, 2.24) is 0 Å². The average Bonchev–Trinajstić information content (AvgIpc) is 3.03. The summed E-state index contributed by atoms with van der Waals surface area (Å²) in [6.07, 6.45) is 2.61. The van der Waals surface area contributed by atoms with Crippen LogP contribution >= 0.6 is 0 Å². The van der Waals surface area contributed by atoms with Gasteiger partial charge in [-0.3, -0.25) is 4.79 Å². The number of methoxy groups -OCH3 is 1. The third kappa shape index (κ3) is 3.63. The molecule has 0 N–H and O–H groups in total. The van der Waals surface area contributed by atoms with E-state index in [-0.39, 0.29) is 5.78 Å². The molecule has 1 aliphatic rings. The number of ether oxygens (including phenoxy) is 2. The minimum absolute atomic E-state index is 0.106. The molecular formula is C24H20O3. The Morgan fingerprint density at radius 3 is 2.48 bits per heavy atom. The highest BCUT2D eigenvalue weighted by Gasteiger charge is 2.24. The molecule has 0 bridgehead atoms. The molecule has 3 aromatic rings. The van der Waals surface area contributed by atoms with Crippen molar-refractivity contribution in [2.75, 3.05) is 7.11 Å². The van der Waals surface area contributed by atoms with Gasteiger partial charge in [0.15, 0.2) is 17.3 Å². The smallest absolute Gasteiger partial charge is 0.189 e. The maximum Gasteiger partial charge on any atom is 0.189 e. The molecule has 3 heteroatoms. The van der Waals surface area contributed by atoms with E-state index in [1.54, 1.807) is 7.11 Å². The summed E-state index contributed by atoms with van der Waals surface area (Å²) >= 11 is 0. The Bertz CT molecular complexity index is 1000. The SMILES string of the molecule is COc1cc(/C=C2/Cc3ccccc3C2=O)ccc1OCc1ccccc1. The first kappa shape index (κ1) is 17.1. The lowest BCUT2D eigenvalue weighted by Crippen LogP contribution is -1.98. The van der Waals surface area contributed by atoms with E-state index in [2.05, 4.69) is 0 Å². The fraction of sp³-hybridized carbons (Fsp3) is 0.125. The van der Waals surface area contributed by atoms with Crippen molar-refractivity contribution in [2.45, 2.75) is 13.0 Å². The number of Topliss-reactive ketones (excluding diaryl/α,β-unsaturated/α-hetero) is 1. The summed E-state index contributed by atoms with van der Waals surface area (Å²) in [4.78, 5) is 12.6. The topological polar surface area (TPSA) is 35.5 Å². The zero-order chi connectivity index (χ0) is 18.6. The van der Waals surface area contributed by atoms with E-state index in [0.29, 0.717) is 24.5 Å².